The van der Waals surface area contributed by atoms with Crippen LogP contribution in [0.15, 0.2) is 65.1 Å². The molecule has 7 heteroatoms. The monoisotopic (exact) mass is 376 g/mol. The molecule has 1 saturated heterocycles. The van der Waals surface area contributed by atoms with E-state index in [1.807, 2.05) is 60.7 Å². The number of hydrogen-bond acceptors (Lipinski definition) is 5. The van der Waals surface area contributed by atoms with Crippen LogP contribution in [0.3, 0.4) is 0 Å². The number of carbonyl (C=O) groups is 2. The molecule has 142 valence electrons. The summed E-state index contributed by atoms with van der Waals surface area (Å²) in [6, 6.07) is 18.5. The van der Waals surface area contributed by atoms with Gasteiger partial charge in [-0.25, -0.2) is 0 Å². The van der Waals surface area contributed by atoms with Gasteiger partial charge < -0.3 is 14.2 Å². The van der Waals surface area contributed by atoms with Gasteiger partial charge in [-0.15, -0.1) is 10.2 Å². The normalized spacial score (nSPS) is 17.2. The highest BCUT2D eigenvalue weighted by atomic mass is 16.4. The summed E-state index contributed by atoms with van der Waals surface area (Å²) in [5, 5.41) is 8.14. The molecule has 7 nitrogen and oxygen atoms in total. The minimum atomic E-state index is -0.597. The Kier molecular flexibility index (Phi) is 4.89. The van der Waals surface area contributed by atoms with Crippen LogP contribution in [-0.4, -0.2) is 51.4 Å². The van der Waals surface area contributed by atoms with Crippen molar-refractivity contribution in [3.63, 3.8) is 0 Å². The molecule has 0 spiro atoms. The lowest BCUT2D eigenvalue weighted by Crippen LogP contribution is -2.59. The third kappa shape index (κ3) is 3.64. The Morgan fingerprint density at radius 2 is 1.68 bits per heavy atom. The Bertz CT molecular complexity index is 972. The molecular weight excluding hydrogens is 356 g/mol. The van der Waals surface area contributed by atoms with Gasteiger partial charge >= 0.3 is 0 Å². The highest BCUT2D eigenvalue weighted by Gasteiger charge is 2.38. The van der Waals surface area contributed by atoms with Gasteiger partial charge in [-0.2, -0.15) is 0 Å². The maximum atomic E-state index is 12.8. The molecule has 0 bridgehead atoms. The molecule has 1 aliphatic rings. The van der Waals surface area contributed by atoms with E-state index in [1.165, 1.54) is 9.80 Å². The lowest BCUT2D eigenvalue weighted by Gasteiger charge is -2.38. The van der Waals surface area contributed by atoms with E-state index >= 15 is 0 Å². The molecule has 0 radical (unpaired) electrons. The van der Waals surface area contributed by atoms with Crippen LogP contribution in [0.4, 0.5) is 0 Å². The molecule has 2 amide bonds. The Labute approximate surface area is 162 Å². The van der Waals surface area contributed by atoms with Gasteiger partial charge in [-0.1, -0.05) is 48.5 Å². The lowest BCUT2D eigenvalue weighted by atomic mass is 10.0. The van der Waals surface area contributed by atoms with E-state index in [1.54, 1.807) is 7.05 Å². The van der Waals surface area contributed by atoms with Crippen LogP contribution in [0, 0.1) is 0 Å². The molecule has 3 aromatic rings. The van der Waals surface area contributed by atoms with Crippen LogP contribution in [0.2, 0.25) is 0 Å². The third-order valence-corrected chi connectivity index (χ3v) is 4.80. The van der Waals surface area contributed by atoms with Gasteiger partial charge in [0.25, 0.3) is 0 Å². The van der Waals surface area contributed by atoms with Crippen molar-refractivity contribution in [1.82, 2.24) is 20.0 Å². The average molecular weight is 376 g/mol. The first-order valence-electron chi connectivity index (χ1n) is 9.08. The molecule has 1 aromatic heterocycles. The molecule has 0 N–H and O–H groups in total. The summed E-state index contributed by atoms with van der Waals surface area (Å²) in [4.78, 5) is 28.4. The zero-order chi connectivity index (χ0) is 19.5. The molecule has 1 fully saturated rings. The smallest absolute Gasteiger partial charge is 0.247 e. The highest BCUT2D eigenvalue weighted by molar-refractivity contribution is 5.94. The second-order valence-corrected chi connectivity index (χ2v) is 6.79. The fourth-order valence-electron chi connectivity index (χ4n) is 3.33. The number of carbonyl (C=O) groups excluding carboxylic acids is 2. The molecule has 1 atom stereocenters. The summed E-state index contributed by atoms with van der Waals surface area (Å²) >= 11 is 0. The molecule has 2 aromatic carbocycles. The summed E-state index contributed by atoms with van der Waals surface area (Å²) < 4.78 is 5.74. The average Bonchev–Trinajstić information content (AvgIpc) is 3.19. The first-order valence-corrected chi connectivity index (χ1v) is 9.08. The Hall–Kier alpha value is -3.48. The minimum Gasteiger partial charge on any atom is -0.419 e. The maximum absolute atomic E-state index is 12.8. The van der Waals surface area contributed by atoms with E-state index < -0.39 is 6.04 Å². The fraction of sp³-hybridized carbons (Fsp3) is 0.238. The van der Waals surface area contributed by atoms with E-state index in [-0.39, 0.29) is 24.9 Å². The highest BCUT2D eigenvalue weighted by Crippen LogP contribution is 2.21. The number of amides is 2. The topological polar surface area (TPSA) is 79.5 Å². The predicted octanol–water partition coefficient (Wildman–Crippen LogP) is 2.15. The minimum absolute atomic E-state index is 0.0454. The second kappa shape index (κ2) is 7.64. The summed E-state index contributed by atoms with van der Waals surface area (Å²) in [6.45, 7) is 0.152. The number of benzene rings is 2. The van der Waals surface area contributed by atoms with E-state index in [9.17, 15) is 9.59 Å². The number of aromatic nitrogens is 2. The number of likely N-dealkylation sites (N-methyl/N-ethyl adjacent to an activating group) is 1. The Balaban J connectivity index is 1.57. The van der Waals surface area contributed by atoms with Crippen LogP contribution >= 0.6 is 0 Å². The fourth-order valence-corrected chi connectivity index (χ4v) is 3.33. The van der Waals surface area contributed by atoms with Crippen molar-refractivity contribution in [2.24, 2.45) is 0 Å². The lowest BCUT2D eigenvalue weighted by molar-refractivity contribution is -0.155. The van der Waals surface area contributed by atoms with Crippen LogP contribution in [0.5, 0.6) is 0 Å². The molecule has 2 heterocycles. The van der Waals surface area contributed by atoms with Crippen molar-refractivity contribution < 1.29 is 14.0 Å². The maximum Gasteiger partial charge on any atom is 0.247 e. The summed E-state index contributed by atoms with van der Waals surface area (Å²) in [5.74, 6) is 0.472. The van der Waals surface area contributed by atoms with Gasteiger partial charge in [0, 0.05) is 19.0 Å². The molecule has 0 saturated carbocycles. The quantitative estimate of drug-likeness (QED) is 0.682. The van der Waals surface area contributed by atoms with Crippen molar-refractivity contribution in [2.75, 3.05) is 13.6 Å². The number of piperazine rings is 1. The Morgan fingerprint density at radius 3 is 2.39 bits per heavy atom. The van der Waals surface area contributed by atoms with Crippen LogP contribution in [0.25, 0.3) is 11.5 Å². The number of nitrogens with zero attached hydrogens (tertiary/aromatic N) is 4. The SMILES string of the molecule is CN1CC(=O)N(Cc2nnc(-c3ccccc3)o2)[C@H](Cc2ccccc2)C1=O. The van der Waals surface area contributed by atoms with Crippen molar-refractivity contribution in [1.29, 1.82) is 0 Å². The largest absolute Gasteiger partial charge is 0.419 e. The summed E-state index contributed by atoms with van der Waals surface area (Å²) in [6.07, 6.45) is 0.440. The van der Waals surface area contributed by atoms with E-state index in [0.717, 1.165) is 11.1 Å². The zero-order valence-corrected chi connectivity index (χ0v) is 15.5. The molecule has 4 rings (SSSR count). The van der Waals surface area contributed by atoms with E-state index in [0.29, 0.717) is 18.2 Å². The van der Waals surface area contributed by atoms with E-state index in [2.05, 4.69) is 10.2 Å². The molecule has 1 aliphatic heterocycles. The molecule has 0 unspecified atom stereocenters. The van der Waals surface area contributed by atoms with Gasteiger partial charge in [0.1, 0.15) is 6.04 Å². The number of hydrogen-bond donors (Lipinski definition) is 0. The Morgan fingerprint density at radius 1 is 1.00 bits per heavy atom. The molecule has 28 heavy (non-hydrogen) atoms. The third-order valence-electron chi connectivity index (χ3n) is 4.80. The van der Waals surface area contributed by atoms with Gasteiger partial charge in [-0.05, 0) is 17.7 Å². The molecular formula is C21H20N4O3. The standard InChI is InChI=1S/C21H20N4O3/c1-24-14-19(26)25(17(21(24)27)12-15-8-4-2-5-9-15)13-18-22-23-20(28-18)16-10-6-3-7-11-16/h2-11,17H,12-14H2,1H3/t17-/m1/s1. The van der Waals surface area contributed by atoms with Gasteiger partial charge in [0.05, 0.1) is 13.1 Å². The van der Waals surface area contributed by atoms with Crippen LogP contribution < -0.4 is 0 Å². The summed E-state index contributed by atoms with van der Waals surface area (Å²) in [7, 11) is 1.65. The van der Waals surface area contributed by atoms with Crippen molar-refractivity contribution in [2.45, 2.75) is 19.0 Å². The van der Waals surface area contributed by atoms with Gasteiger partial charge in [-0.3, -0.25) is 9.59 Å². The van der Waals surface area contributed by atoms with Crippen molar-refractivity contribution in [3.05, 3.63) is 72.1 Å². The van der Waals surface area contributed by atoms with Crippen molar-refractivity contribution >= 4 is 11.8 Å². The van der Waals surface area contributed by atoms with Crippen LogP contribution in [-0.2, 0) is 22.6 Å². The summed E-state index contributed by atoms with van der Waals surface area (Å²) in [5.41, 5.74) is 1.80. The van der Waals surface area contributed by atoms with Crippen molar-refractivity contribution in [3.8, 4) is 11.5 Å². The van der Waals surface area contributed by atoms with Gasteiger partial charge in [0.2, 0.25) is 23.6 Å². The number of rotatable bonds is 5. The zero-order valence-electron chi connectivity index (χ0n) is 15.5. The molecule has 0 aliphatic carbocycles. The second-order valence-electron chi connectivity index (χ2n) is 6.79. The predicted molar refractivity (Wildman–Crippen MR) is 102 cm³/mol. The van der Waals surface area contributed by atoms with E-state index in [4.69, 9.17) is 4.42 Å². The first-order chi connectivity index (χ1) is 13.6. The van der Waals surface area contributed by atoms with Gasteiger partial charge in [0.15, 0.2) is 0 Å². The van der Waals surface area contributed by atoms with Crippen LogP contribution in [0.1, 0.15) is 11.5 Å². The first kappa shape index (κ1) is 17.9.